The van der Waals surface area contributed by atoms with Crippen LogP contribution in [0, 0.1) is 0 Å². The molecule has 4 nitrogen and oxygen atoms in total. The number of hydrogen-bond donors (Lipinski definition) is 2. The fraction of sp³-hybridized carbons (Fsp3) is 0.533. The van der Waals surface area contributed by atoms with Gasteiger partial charge in [-0.25, -0.2) is 4.79 Å². The Balaban J connectivity index is 1.98. The molecule has 0 atom stereocenters. The smallest absolute Gasteiger partial charge is 0.338 e. The molecule has 0 amide bonds. The molecule has 0 unspecified atom stereocenters. The summed E-state index contributed by atoms with van der Waals surface area (Å²) in [5, 5.41) is 12.8. The average molecular weight is 326 g/mol. The van der Waals surface area contributed by atoms with E-state index in [2.05, 4.69) is 10.2 Å². The molecule has 0 spiro atoms. The highest BCUT2D eigenvalue weighted by atomic mass is 32.2. The molecule has 0 radical (unpaired) electrons. The summed E-state index contributed by atoms with van der Waals surface area (Å²) in [6.45, 7) is 6.04. The van der Waals surface area contributed by atoms with Crippen LogP contribution in [0.1, 0.15) is 17.3 Å². The molecule has 1 aliphatic heterocycles. The summed E-state index contributed by atoms with van der Waals surface area (Å²) < 4.78 is 0. The Morgan fingerprint density at radius 3 is 2.86 bits per heavy atom. The molecule has 116 valence electrons. The molecule has 2 rings (SSSR count). The fourth-order valence-electron chi connectivity index (χ4n) is 2.35. The number of carboxylic acid groups (broad SMARTS) is 1. The largest absolute Gasteiger partial charge is 0.478 e. The second kappa shape index (κ2) is 8.56. The molecule has 1 fully saturated rings. The van der Waals surface area contributed by atoms with Crippen LogP contribution in [-0.4, -0.2) is 59.4 Å². The number of benzene rings is 1. The molecule has 1 heterocycles. The van der Waals surface area contributed by atoms with Gasteiger partial charge in [-0.1, -0.05) is 13.0 Å². The summed E-state index contributed by atoms with van der Waals surface area (Å²) in [7, 11) is 0. The first-order valence-electron chi connectivity index (χ1n) is 7.25. The summed E-state index contributed by atoms with van der Waals surface area (Å²) in [6.07, 6.45) is 0. The van der Waals surface area contributed by atoms with E-state index >= 15 is 0 Å². The molecule has 1 aliphatic rings. The Morgan fingerprint density at radius 1 is 1.43 bits per heavy atom. The normalized spacial score (nSPS) is 15.9. The van der Waals surface area contributed by atoms with E-state index in [-0.39, 0.29) is 0 Å². The number of nitrogens with one attached hydrogen (secondary N) is 1. The van der Waals surface area contributed by atoms with Gasteiger partial charge in [0.2, 0.25) is 0 Å². The van der Waals surface area contributed by atoms with Crippen molar-refractivity contribution in [3.8, 4) is 0 Å². The van der Waals surface area contributed by atoms with Crippen LogP contribution in [0.4, 0.5) is 5.69 Å². The van der Waals surface area contributed by atoms with E-state index < -0.39 is 5.97 Å². The Kier molecular flexibility index (Phi) is 6.73. The van der Waals surface area contributed by atoms with Gasteiger partial charge in [0.15, 0.2) is 0 Å². The van der Waals surface area contributed by atoms with E-state index in [1.165, 1.54) is 11.5 Å². The van der Waals surface area contributed by atoms with Crippen LogP contribution in [0.25, 0.3) is 0 Å². The minimum Gasteiger partial charge on any atom is -0.478 e. The monoisotopic (exact) mass is 326 g/mol. The highest BCUT2D eigenvalue weighted by molar-refractivity contribution is 7.99. The van der Waals surface area contributed by atoms with Crippen LogP contribution in [-0.2, 0) is 0 Å². The number of carbonyl (C=O) groups is 1. The maximum Gasteiger partial charge on any atom is 0.338 e. The number of carboxylic acids is 1. The van der Waals surface area contributed by atoms with E-state index in [0.29, 0.717) is 5.56 Å². The van der Waals surface area contributed by atoms with Gasteiger partial charge in [0.25, 0.3) is 0 Å². The van der Waals surface area contributed by atoms with Gasteiger partial charge in [0.1, 0.15) is 0 Å². The van der Waals surface area contributed by atoms with Crippen LogP contribution in [0.3, 0.4) is 0 Å². The van der Waals surface area contributed by atoms with Gasteiger partial charge >= 0.3 is 5.97 Å². The lowest BCUT2D eigenvalue weighted by molar-refractivity contribution is 0.0694. The summed E-state index contributed by atoms with van der Waals surface area (Å²) in [5.41, 5.74) is 1.13. The van der Waals surface area contributed by atoms with Crippen LogP contribution in [0.5, 0.6) is 0 Å². The lowest BCUT2D eigenvalue weighted by Gasteiger charge is -2.26. The summed E-state index contributed by atoms with van der Waals surface area (Å²) in [4.78, 5) is 14.8. The molecule has 1 aromatic carbocycles. The van der Waals surface area contributed by atoms with Crippen LogP contribution in [0.2, 0.25) is 0 Å². The zero-order valence-corrected chi connectivity index (χ0v) is 13.9. The quantitative estimate of drug-likeness (QED) is 0.751. The lowest BCUT2D eigenvalue weighted by atomic mass is 10.1. The highest BCUT2D eigenvalue weighted by Gasteiger charge is 2.16. The molecule has 2 N–H and O–H groups in total. The number of hydrogen-bond acceptors (Lipinski definition) is 5. The highest BCUT2D eigenvalue weighted by Crippen LogP contribution is 2.28. The van der Waals surface area contributed by atoms with Crippen LogP contribution < -0.4 is 5.32 Å². The lowest BCUT2D eigenvalue weighted by Crippen LogP contribution is -2.36. The zero-order chi connectivity index (χ0) is 15.1. The molecule has 1 saturated heterocycles. The Labute approximate surface area is 134 Å². The number of aromatic carboxylic acids is 1. The van der Waals surface area contributed by atoms with E-state index in [0.717, 1.165) is 42.5 Å². The minimum absolute atomic E-state index is 0.401. The van der Waals surface area contributed by atoms with Crippen molar-refractivity contribution >= 4 is 35.2 Å². The molecule has 6 heteroatoms. The summed E-state index contributed by atoms with van der Waals surface area (Å²) >= 11 is 3.57. The molecular formula is C15H22N2O2S2. The number of thioether (sulfide) groups is 2. The third-order valence-corrected chi connectivity index (χ3v) is 5.27. The third-order valence-electron chi connectivity index (χ3n) is 3.39. The molecule has 0 aliphatic carbocycles. The van der Waals surface area contributed by atoms with Crippen molar-refractivity contribution in [2.24, 2.45) is 0 Å². The predicted octanol–water partition coefficient (Wildman–Crippen LogP) is 2.96. The van der Waals surface area contributed by atoms with Gasteiger partial charge in [0.05, 0.1) is 5.56 Å². The zero-order valence-electron chi connectivity index (χ0n) is 12.3. The van der Waals surface area contributed by atoms with Crippen LogP contribution in [0.15, 0.2) is 23.1 Å². The third kappa shape index (κ3) is 4.83. The second-order valence-electron chi connectivity index (χ2n) is 4.80. The molecule has 21 heavy (non-hydrogen) atoms. The SMILES string of the molecule is CCSc1cccc(NCCN2CCSCC2)c1C(=O)O. The summed E-state index contributed by atoms with van der Waals surface area (Å²) in [6, 6.07) is 5.66. The van der Waals surface area contributed by atoms with Gasteiger partial charge < -0.3 is 10.4 Å². The Hall–Kier alpha value is -0.850. The maximum atomic E-state index is 11.5. The van der Waals surface area contributed by atoms with Crippen molar-refractivity contribution in [1.29, 1.82) is 0 Å². The van der Waals surface area contributed by atoms with Crippen molar-refractivity contribution in [2.75, 3.05) is 48.8 Å². The number of nitrogens with zero attached hydrogens (tertiary/aromatic N) is 1. The van der Waals surface area contributed by atoms with Crippen molar-refractivity contribution < 1.29 is 9.90 Å². The van der Waals surface area contributed by atoms with Crippen LogP contribution >= 0.6 is 23.5 Å². The van der Waals surface area contributed by atoms with Gasteiger partial charge in [-0.3, -0.25) is 4.90 Å². The van der Waals surface area contributed by atoms with E-state index in [9.17, 15) is 9.90 Å². The van der Waals surface area contributed by atoms with Gasteiger partial charge in [-0.2, -0.15) is 11.8 Å². The number of rotatable bonds is 7. The average Bonchev–Trinajstić information content (AvgIpc) is 2.48. The Bertz CT molecular complexity index is 477. The van der Waals surface area contributed by atoms with Crippen molar-refractivity contribution in [3.05, 3.63) is 23.8 Å². The van der Waals surface area contributed by atoms with E-state index in [1.807, 2.05) is 36.9 Å². The minimum atomic E-state index is -0.858. The molecular weight excluding hydrogens is 304 g/mol. The van der Waals surface area contributed by atoms with Crippen molar-refractivity contribution in [1.82, 2.24) is 4.90 Å². The van der Waals surface area contributed by atoms with Gasteiger partial charge in [-0.15, -0.1) is 11.8 Å². The maximum absolute atomic E-state index is 11.5. The van der Waals surface area contributed by atoms with E-state index in [4.69, 9.17) is 0 Å². The topological polar surface area (TPSA) is 52.6 Å². The fourth-order valence-corrected chi connectivity index (χ4v) is 4.15. The second-order valence-corrected chi connectivity index (χ2v) is 7.33. The standard InChI is InChI=1S/C15H22N2O2S2/c1-2-21-13-5-3-4-12(14(13)15(18)19)16-6-7-17-8-10-20-11-9-17/h3-5,16H,2,6-11H2,1H3,(H,18,19). The van der Waals surface area contributed by atoms with Crippen molar-refractivity contribution in [2.45, 2.75) is 11.8 Å². The van der Waals surface area contributed by atoms with Crippen molar-refractivity contribution in [3.63, 3.8) is 0 Å². The first-order chi connectivity index (χ1) is 10.2. The van der Waals surface area contributed by atoms with Gasteiger partial charge in [-0.05, 0) is 17.9 Å². The predicted molar refractivity (Wildman–Crippen MR) is 92.1 cm³/mol. The molecule has 0 aromatic heterocycles. The molecule has 0 saturated carbocycles. The van der Waals surface area contributed by atoms with Gasteiger partial charge in [0, 0.05) is 48.3 Å². The first-order valence-corrected chi connectivity index (χ1v) is 9.39. The molecule has 0 bridgehead atoms. The molecule has 1 aromatic rings. The Morgan fingerprint density at radius 2 is 2.19 bits per heavy atom. The number of anilines is 1. The first kappa shape index (κ1) is 16.5. The summed E-state index contributed by atoms with van der Waals surface area (Å²) in [5.74, 6) is 2.41. The van der Waals surface area contributed by atoms with E-state index in [1.54, 1.807) is 11.8 Å².